The maximum absolute atomic E-state index is 12.6. The molecule has 1 aromatic carbocycles. The fraction of sp³-hybridized carbons (Fsp3) is 0.222. The first-order valence-electron chi connectivity index (χ1n) is 7.32. The molecule has 4 nitrogen and oxygen atoms in total. The third kappa shape index (κ3) is 6.28. The van der Waals surface area contributed by atoms with Gasteiger partial charge >= 0.3 is 6.18 Å². The third-order valence-electron chi connectivity index (χ3n) is 2.86. The molecule has 0 fully saturated rings. The van der Waals surface area contributed by atoms with Crippen LogP contribution in [0.1, 0.15) is 30.7 Å². The van der Waals surface area contributed by atoms with Crippen LogP contribution in [0.25, 0.3) is 0 Å². The maximum Gasteiger partial charge on any atom is 0.433 e. The number of rotatable bonds is 3. The second-order valence-corrected chi connectivity index (χ2v) is 5.71. The van der Waals surface area contributed by atoms with E-state index >= 15 is 0 Å². The van der Waals surface area contributed by atoms with Gasteiger partial charge in [0.1, 0.15) is 17.1 Å². The lowest BCUT2D eigenvalue weighted by atomic mass is 10.1. The van der Waals surface area contributed by atoms with Crippen LogP contribution >= 0.6 is 0 Å². The molecule has 0 unspecified atom stereocenters. The molecule has 2 aromatic rings. The summed E-state index contributed by atoms with van der Waals surface area (Å²) in [6, 6.07) is 10.5. The summed E-state index contributed by atoms with van der Waals surface area (Å²) in [6.07, 6.45) is -3.05. The van der Waals surface area contributed by atoms with Gasteiger partial charge < -0.3 is 5.11 Å². The average Bonchev–Trinajstić information content (AvgIpc) is 2.53. The summed E-state index contributed by atoms with van der Waals surface area (Å²) in [7, 11) is 0. The van der Waals surface area contributed by atoms with Gasteiger partial charge in [-0.2, -0.15) is 18.3 Å². The van der Waals surface area contributed by atoms with E-state index in [1.165, 1.54) is 18.3 Å². The SMILES string of the molecule is CC(C)(O)C#Cc1ccc(/C=N\Nc2cccc(C(F)(F)F)n2)cc1. The molecule has 2 N–H and O–H groups in total. The highest BCUT2D eigenvalue weighted by molar-refractivity contribution is 5.80. The van der Waals surface area contributed by atoms with E-state index in [4.69, 9.17) is 0 Å². The lowest BCUT2D eigenvalue weighted by molar-refractivity contribution is -0.141. The summed E-state index contributed by atoms with van der Waals surface area (Å²) in [4.78, 5) is 3.44. The Labute approximate surface area is 143 Å². The van der Waals surface area contributed by atoms with Gasteiger partial charge in [0.15, 0.2) is 0 Å². The second-order valence-electron chi connectivity index (χ2n) is 5.71. The van der Waals surface area contributed by atoms with Crippen LogP contribution in [0.15, 0.2) is 47.6 Å². The summed E-state index contributed by atoms with van der Waals surface area (Å²) in [6.45, 7) is 3.18. The Morgan fingerprint density at radius 3 is 2.40 bits per heavy atom. The molecular formula is C18H16F3N3O. The molecule has 0 atom stereocenters. The van der Waals surface area contributed by atoms with E-state index in [-0.39, 0.29) is 5.82 Å². The topological polar surface area (TPSA) is 57.5 Å². The molecule has 7 heteroatoms. The molecule has 0 amide bonds. The van der Waals surface area contributed by atoms with Crippen molar-refractivity contribution in [3.05, 3.63) is 59.3 Å². The summed E-state index contributed by atoms with van der Waals surface area (Å²) in [5, 5.41) is 13.4. The highest BCUT2D eigenvalue weighted by atomic mass is 19.4. The Morgan fingerprint density at radius 2 is 1.80 bits per heavy atom. The standard InChI is InChI=1S/C18H16F3N3O/c1-17(2,25)11-10-13-6-8-14(9-7-13)12-22-24-16-5-3-4-15(23-16)18(19,20)21/h3-9,12,25H,1-2H3,(H,23,24)/b22-12-. The van der Waals surface area contributed by atoms with Crippen molar-refractivity contribution in [2.75, 3.05) is 5.43 Å². The van der Waals surface area contributed by atoms with Crippen molar-refractivity contribution >= 4 is 12.0 Å². The van der Waals surface area contributed by atoms with Gasteiger partial charge in [-0.25, -0.2) is 4.98 Å². The van der Waals surface area contributed by atoms with Gasteiger partial charge in [-0.1, -0.05) is 30.0 Å². The Morgan fingerprint density at radius 1 is 1.12 bits per heavy atom. The smallest absolute Gasteiger partial charge is 0.378 e. The Bertz CT molecular complexity index is 810. The minimum Gasteiger partial charge on any atom is -0.378 e. The quantitative estimate of drug-likeness (QED) is 0.506. The van der Waals surface area contributed by atoms with E-state index in [2.05, 4.69) is 27.4 Å². The van der Waals surface area contributed by atoms with Crippen LogP contribution < -0.4 is 5.43 Å². The third-order valence-corrected chi connectivity index (χ3v) is 2.86. The van der Waals surface area contributed by atoms with E-state index < -0.39 is 17.5 Å². The summed E-state index contributed by atoms with van der Waals surface area (Å²) in [5.74, 6) is 5.54. The van der Waals surface area contributed by atoms with Gasteiger partial charge in [0, 0.05) is 5.56 Å². The number of pyridine rings is 1. The highest BCUT2D eigenvalue weighted by Crippen LogP contribution is 2.28. The van der Waals surface area contributed by atoms with Crippen molar-refractivity contribution in [1.29, 1.82) is 0 Å². The van der Waals surface area contributed by atoms with Crippen LogP contribution in [0.4, 0.5) is 19.0 Å². The summed E-state index contributed by atoms with van der Waals surface area (Å²) >= 11 is 0. The highest BCUT2D eigenvalue weighted by Gasteiger charge is 2.32. The van der Waals surface area contributed by atoms with Crippen LogP contribution in [-0.2, 0) is 6.18 Å². The number of benzene rings is 1. The lowest BCUT2D eigenvalue weighted by Gasteiger charge is -2.06. The molecule has 0 saturated heterocycles. The first-order chi connectivity index (χ1) is 11.6. The summed E-state index contributed by atoms with van der Waals surface area (Å²) < 4.78 is 37.7. The van der Waals surface area contributed by atoms with E-state index in [0.29, 0.717) is 0 Å². The van der Waals surface area contributed by atoms with E-state index in [9.17, 15) is 18.3 Å². The van der Waals surface area contributed by atoms with Crippen molar-refractivity contribution in [3.63, 3.8) is 0 Å². The molecule has 2 rings (SSSR count). The molecule has 25 heavy (non-hydrogen) atoms. The number of nitrogens with zero attached hydrogens (tertiary/aromatic N) is 2. The number of hydrogen-bond donors (Lipinski definition) is 2. The first kappa shape index (κ1) is 18.5. The van der Waals surface area contributed by atoms with E-state index in [1.807, 2.05) is 0 Å². The normalized spacial score (nSPS) is 11.9. The van der Waals surface area contributed by atoms with Crippen molar-refractivity contribution < 1.29 is 18.3 Å². The number of hydrogen-bond acceptors (Lipinski definition) is 4. The molecule has 0 spiro atoms. The molecule has 1 aromatic heterocycles. The van der Waals surface area contributed by atoms with Crippen molar-refractivity contribution in [1.82, 2.24) is 4.98 Å². The number of halogens is 3. The molecule has 0 bridgehead atoms. The fourth-order valence-electron chi connectivity index (χ4n) is 1.71. The molecular weight excluding hydrogens is 331 g/mol. The van der Waals surface area contributed by atoms with Crippen LogP contribution in [0.3, 0.4) is 0 Å². The van der Waals surface area contributed by atoms with Gasteiger partial charge in [0.25, 0.3) is 0 Å². The second kappa shape index (κ2) is 7.36. The maximum atomic E-state index is 12.6. The number of alkyl halides is 3. The van der Waals surface area contributed by atoms with E-state index in [1.54, 1.807) is 38.1 Å². The van der Waals surface area contributed by atoms with Gasteiger partial charge in [0.05, 0.1) is 6.21 Å². The number of anilines is 1. The predicted octanol–water partition coefficient (Wildman–Crippen LogP) is 3.67. The van der Waals surface area contributed by atoms with Crippen LogP contribution in [-0.4, -0.2) is 21.9 Å². The number of aromatic nitrogens is 1. The summed E-state index contributed by atoms with van der Waals surface area (Å²) in [5.41, 5.74) is 1.87. The molecule has 130 valence electrons. The van der Waals surface area contributed by atoms with Gasteiger partial charge in [-0.3, -0.25) is 5.43 Å². The number of aliphatic hydroxyl groups is 1. The molecule has 0 aliphatic rings. The van der Waals surface area contributed by atoms with Crippen LogP contribution in [0.2, 0.25) is 0 Å². The molecule has 0 radical (unpaired) electrons. The monoisotopic (exact) mass is 347 g/mol. The van der Waals surface area contributed by atoms with Crippen molar-refractivity contribution in [2.45, 2.75) is 25.6 Å². The van der Waals surface area contributed by atoms with Crippen molar-refractivity contribution in [2.24, 2.45) is 5.10 Å². The molecule has 0 aliphatic carbocycles. The Hall–Kier alpha value is -2.85. The molecule has 0 aliphatic heterocycles. The number of nitrogens with one attached hydrogen (secondary N) is 1. The van der Waals surface area contributed by atoms with Crippen LogP contribution in [0.5, 0.6) is 0 Å². The zero-order valence-electron chi connectivity index (χ0n) is 13.6. The van der Waals surface area contributed by atoms with Gasteiger partial charge in [-0.05, 0) is 43.7 Å². The van der Waals surface area contributed by atoms with Gasteiger partial charge in [0.2, 0.25) is 0 Å². The lowest BCUT2D eigenvalue weighted by Crippen LogP contribution is -2.14. The molecule has 0 saturated carbocycles. The first-order valence-corrected chi connectivity index (χ1v) is 7.32. The average molecular weight is 347 g/mol. The van der Waals surface area contributed by atoms with Crippen LogP contribution in [0, 0.1) is 11.8 Å². The van der Waals surface area contributed by atoms with Crippen molar-refractivity contribution in [3.8, 4) is 11.8 Å². The van der Waals surface area contributed by atoms with E-state index in [0.717, 1.165) is 17.2 Å². The fourth-order valence-corrected chi connectivity index (χ4v) is 1.71. The zero-order valence-corrected chi connectivity index (χ0v) is 13.6. The largest absolute Gasteiger partial charge is 0.433 e. The minimum absolute atomic E-state index is 0.00117. The minimum atomic E-state index is -4.50. The predicted molar refractivity (Wildman–Crippen MR) is 90.1 cm³/mol. The Balaban J connectivity index is 2.02. The molecule has 1 heterocycles. The zero-order chi connectivity index (χ0) is 18.5. The van der Waals surface area contributed by atoms with Gasteiger partial charge in [-0.15, -0.1) is 0 Å². The number of hydrazone groups is 1. The Kier molecular flexibility index (Phi) is 5.45.